The number of nitrogens with one attached hydrogen (secondary N) is 2. The van der Waals surface area contributed by atoms with Crippen LogP contribution in [-0.4, -0.2) is 49.9 Å². The first kappa shape index (κ1) is 16.2. The number of quaternary nitrogens is 1. The van der Waals surface area contributed by atoms with E-state index in [1.807, 2.05) is 51.2 Å². The number of anilines is 1. The first-order chi connectivity index (χ1) is 9.56. The first-order valence-corrected chi connectivity index (χ1v) is 7.00. The second-order valence-electron chi connectivity index (χ2n) is 4.79. The van der Waals surface area contributed by atoms with Crippen LogP contribution in [0.4, 0.5) is 5.69 Å². The Bertz CT molecular complexity index is 430. The lowest BCUT2D eigenvalue weighted by Crippen LogP contribution is -3.11. The van der Waals surface area contributed by atoms with Crippen molar-refractivity contribution in [2.75, 3.05) is 38.5 Å². The number of rotatable bonds is 7. The Labute approximate surface area is 120 Å². The van der Waals surface area contributed by atoms with Crippen LogP contribution in [0, 0.1) is 0 Å². The van der Waals surface area contributed by atoms with Gasteiger partial charge < -0.3 is 15.1 Å². The molecule has 2 N–H and O–H groups in total. The van der Waals surface area contributed by atoms with Crippen molar-refractivity contribution in [3.63, 3.8) is 0 Å². The lowest BCUT2D eigenvalue weighted by Gasteiger charge is -2.20. The molecule has 1 aromatic carbocycles. The molecule has 1 unspecified atom stereocenters. The highest BCUT2D eigenvalue weighted by molar-refractivity contribution is 5.91. The summed E-state index contributed by atoms with van der Waals surface area (Å²) in [6, 6.07) is 9.32. The molecule has 5 nitrogen and oxygen atoms in total. The summed E-state index contributed by atoms with van der Waals surface area (Å²) in [7, 11) is 1.85. The fourth-order valence-electron chi connectivity index (χ4n) is 2.01. The molecule has 0 aliphatic rings. The van der Waals surface area contributed by atoms with Crippen LogP contribution in [0.5, 0.6) is 0 Å². The molecule has 0 heterocycles. The molecular weight excluding hydrogens is 254 g/mol. The molecule has 0 spiro atoms. The normalized spacial score (nSPS) is 11.8. The van der Waals surface area contributed by atoms with Crippen LogP contribution >= 0.6 is 0 Å². The minimum absolute atomic E-state index is 0.0824. The second kappa shape index (κ2) is 8.32. The largest absolute Gasteiger partial charge is 0.338 e. The van der Waals surface area contributed by atoms with Crippen LogP contribution in [0.25, 0.3) is 0 Å². The van der Waals surface area contributed by atoms with Gasteiger partial charge in [0.1, 0.15) is 0 Å². The molecule has 1 aromatic rings. The summed E-state index contributed by atoms with van der Waals surface area (Å²) in [5.74, 6) is 0.000980. The number of carbonyl (C=O) groups is 2. The Balaban J connectivity index is 2.40. The van der Waals surface area contributed by atoms with Gasteiger partial charge in [-0.25, -0.2) is 0 Å². The molecule has 0 saturated carbocycles. The Morgan fingerprint density at radius 1 is 1.10 bits per heavy atom. The fraction of sp³-hybridized carbons (Fsp3) is 0.467. The van der Waals surface area contributed by atoms with Gasteiger partial charge in [-0.3, -0.25) is 9.59 Å². The number of likely N-dealkylation sites (N-methyl/N-ethyl adjacent to an activating group) is 2. The quantitative estimate of drug-likeness (QED) is 0.738. The lowest BCUT2D eigenvalue weighted by molar-refractivity contribution is -0.862. The number of hydrogen-bond acceptors (Lipinski definition) is 2. The number of para-hydroxylation sites is 1. The van der Waals surface area contributed by atoms with Gasteiger partial charge in [0.2, 0.25) is 0 Å². The van der Waals surface area contributed by atoms with E-state index in [2.05, 4.69) is 5.32 Å². The van der Waals surface area contributed by atoms with E-state index < -0.39 is 0 Å². The third-order valence-corrected chi connectivity index (χ3v) is 3.09. The summed E-state index contributed by atoms with van der Waals surface area (Å²) < 4.78 is 0. The topological polar surface area (TPSA) is 53.9 Å². The number of carbonyl (C=O) groups excluding carboxylic acids is 2. The fourth-order valence-corrected chi connectivity index (χ4v) is 2.01. The zero-order valence-electron chi connectivity index (χ0n) is 12.5. The van der Waals surface area contributed by atoms with Crippen LogP contribution in [0.3, 0.4) is 0 Å². The second-order valence-corrected chi connectivity index (χ2v) is 4.79. The van der Waals surface area contributed by atoms with Crippen molar-refractivity contribution >= 4 is 17.5 Å². The molecule has 1 rings (SSSR count). The molecule has 0 saturated heterocycles. The van der Waals surface area contributed by atoms with Gasteiger partial charge in [-0.2, -0.15) is 0 Å². The highest BCUT2D eigenvalue weighted by Crippen LogP contribution is 2.03. The van der Waals surface area contributed by atoms with Gasteiger partial charge in [0.25, 0.3) is 11.8 Å². The lowest BCUT2D eigenvalue weighted by atomic mass is 10.3. The zero-order chi connectivity index (χ0) is 15.0. The van der Waals surface area contributed by atoms with Crippen LogP contribution < -0.4 is 10.2 Å². The minimum Gasteiger partial charge on any atom is -0.338 e. The number of benzene rings is 1. The van der Waals surface area contributed by atoms with Crippen LogP contribution in [0.15, 0.2) is 30.3 Å². The number of amides is 2. The molecule has 2 amide bonds. The minimum atomic E-state index is -0.0824. The maximum absolute atomic E-state index is 11.9. The molecule has 0 aromatic heterocycles. The predicted octanol–water partition coefficient (Wildman–Crippen LogP) is 0.00820. The van der Waals surface area contributed by atoms with Gasteiger partial charge >= 0.3 is 0 Å². The standard InChI is InChI=1S/C15H23N3O2/c1-4-18(5-2)15(20)12-17(3)11-14(19)16-13-9-7-6-8-10-13/h6-10H,4-5,11-12H2,1-3H3,(H,16,19)/p+1. The molecule has 0 aliphatic heterocycles. The SMILES string of the molecule is CCN(CC)C(=O)C[NH+](C)CC(=O)Nc1ccccc1. The van der Waals surface area contributed by atoms with Crippen molar-refractivity contribution in [3.05, 3.63) is 30.3 Å². The van der Waals surface area contributed by atoms with Gasteiger partial charge in [-0.05, 0) is 26.0 Å². The monoisotopic (exact) mass is 278 g/mol. The van der Waals surface area contributed by atoms with Crippen molar-refractivity contribution in [2.24, 2.45) is 0 Å². The average Bonchev–Trinajstić information content (AvgIpc) is 2.40. The van der Waals surface area contributed by atoms with Gasteiger partial charge in [-0.1, -0.05) is 18.2 Å². The van der Waals surface area contributed by atoms with Gasteiger partial charge in [0.15, 0.2) is 13.1 Å². The molecule has 110 valence electrons. The van der Waals surface area contributed by atoms with E-state index in [1.165, 1.54) is 0 Å². The Morgan fingerprint density at radius 2 is 1.70 bits per heavy atom. The van der Waals surface area contributed by atoms with E-state index in [0.29, 0.717) is 19.6 Å². The smallest absolute Gasteiger partial charge is 0.279 e. The van der Waals surface area contributed by atoms with Gasteiger partial charge in [-0.15, -0.1) is 0 Å². The molecule has 0 bridgehead atoms. The Hall–Kier alpha value is -1.88. The first-order valence-electron chi connectivity index (χ1n) is 7.00. The highest BCUT2D eigenvalue weighted by Gasteiger charge is 2.17. The molecular formula is C15H24N3O2+. The number of hydrogen-bond donors (Lipinski definition) is 2. The molecule has 0 radical (unpaired) electrons. The summed E-state index contributed by atoms with van der Waals surface area (Å²) in [5.41, 5.74) is 0.778. The number of nitrogens with zero attached hydrogens (tertiary/aromatic N) is 1. The summed E-state index contributed by atoms with van der Waals surface area (Å²) in [4.78, 5) is 26.4. The van der Waals surface area contributed by atoms with E-state index in [4.69, 9.17) is 0 Å². The Morgan fingerprint density at radius 3 is 2.25 bits per heavy atom. The molecule has 5 heteroatoms. The average molecular weight is 278 g/mol. The third kappa shape index (κ3) is 5.40. The van der Waals surface area contributed by atoms with Gasteiger partial charge in [0, 0.05) is 18.8 Å². The van der Waals surface area contributed by atoms with E-state index >= 15 is 0 Å². The molecule has 0 fully saturated rings. The summed E-state index contributed by atoms with van der Waals surface area (Å²) in [6.45, 7) is 5.95. The van der Waals surface area contributed by atoms with Crippen molar-refractivity contribution in [1.82, 2.24) is 4.90 Å². The predicted molar refractivity (Wildman–Crippen MR) is 79.6 cm³/mol. The van der Waals surface area contributed by atoms with Crippen molar-refractivity contribution in [2.45, 2.75) is 13.8 Å². The van der Waals surface area contributed by atoms with E-state index in [-0.39, 0.29) is 18.4 Å². The van der Waals surface area contributed by atoms with Crippen LogP contribution in [-0.2, 0) is 9.59 Å². The van der Waals surface area contributed by atoms with E-state index in [0.717, 1.165) is 10.6 Å². The maximum atomic E-state index is 11.9. The van der Waals surface area contributed by atoms with Crippen molar-refractivity contribution < 1.29 is 14.5 Å². The van der Waals surface area contributed by atoms with E-state index in [1.54, 1.807) is 4.90 Å². The maximum Gasteiger partial charge on any atom is 0.279 e. The van der Waals surface area contributed by atoms with Crippen molar-refractivity contribution in [3.8, 4) is 0 Å². The van der Waals surface area contributed by atoms with Gasteiger partial charge in [0.05, 0.1) is 7.05 Å². The van der Waals surface area contributed by atoms with Crippen LogP contribution in [0.1, 0.15) is 13.8 Å². The van der Waals surface area contributed by atoms with Crippen LogP contribution in [0.2, 0.25) is 0 Å². The summed E-state index contributed by atoms with van der Waals surface area (Å²) in [5, 5.41) is 2.82. The molecule has 1 atom stereocenters. The van der Waals surface area contributed by atoms with E-state index in [9.17, 15) is 9.59 Å². The van der Waals surface area contributed by atoms with Crippen molar-refractivity contribution in [1.29, 1.82) is 0 Å². The zero-order valence-corrected chi connectivity index (χ0v) is 12.5. The molecule has 20 heavy (non-hydrogen) atoms. The summed E-state index contributed by atoms with van der Waals surface area (Å²) >= 11 is 0. The third-order valence-electron chi connectivity index (χ3n) is 3.09. The highest BCUT2D eigenvalue weighted by atomic mass is 16.2. The Kier molecular flexibility index (Phi) is 6.73. The molecule has 0 aliphatic carbocycles. The summed E-state index contributed by atoms with van der Waals surface area (Å²) in [6.07, 6.45) is 0.